The van der Waals surface area contributed by atoms with E-state index in [0.717, 1.165) is 11.4 Å². The SMILES string of the molecule is CC1(C)C(/C=C/C=C/C=C2\Nc3ccccc3C2(C)C)=Nc2ccccc21. The van der Waals surface area contributed by atoms with Gasteiger partial charge in [0.25, 0.3) is 0 Å². The number of hydrogen-bond donors (Lipinski definition) is 1. The molecule has 0 saturated heterocycles. The van der Waals surface area contributed by atoms with Crippen molar-refractivity contribution in [3.8, 4) is 0 Å². The molecule has 4 rings (SSSR count). The number of para-hydroxylation sites is 2. The van der Waals surface area contributed by atoms with E-state index < -0.39 is 0 Å². The van der Waals surface area contributed by atoms with Crippen molar-refractivity contribution in [3.05, 3.63) is 95.7 Å². The van der Waals surface area contributed by atoms with Gasteiger partial charge < -0.3 is 5.32 Å². The molecule has 136 valence electrons. The van der Waals surface area contributed by atoms with Crippen molar-refractivity contribution in [3.63, 3.8) is 0 Å². The third-order valence-corrected chi connectivity index (χ3v) is 5.74. The smallest absolute Gasteiger partial charge is 0.0674 e. The molecule has 0 atom stereocenters. The zero-order valence-electron chi connectivity index (χ0n) is 16.5. The van der Waals surface area contributed by atoms with E-state index >= 15 is 0 Å². The first-order valence-electron chi connectivity index (χ1n) is 9.51. The second-order valence-corrected chi connectivity index (χ2v) is 8.26. The number of allylic oxidation sites excluding steroid dienone is 6. The predicted molar refractivity (Wildman–Crippen MR) is 116 cm³/mol. The molecule has 0 amide bonds. The number of nitrogens with zero attached hydrogens (tertiary/aromatic N) is 1. The van der Waals surface area contributed by atoms with Crippen molar-refractivity contribution in [1.82, 2.24) is 0 Å². The number of rotatable bonds is 3. The number of benzene rings is 2. The van der Waals surface area contributed by atoms with Crippen LogP contribution in [0.5, 0.6) is 0 Å². The fourth-order valence-electron chi connectivity index (χ4n) is 3.95. The monoisotopic (exact) mass is 354 g/mol. The summed E-state index contributed by atoms with van der Waals surface area (Å²) in [6, 6.07) is 16.9. The van der Waals surface area contributed by atoms with Gasteiger partial charge >= 0.3 is 0 Å². The van der Waals surface area contributed by atoms with E-state index in [2.05, 4.69) is 106 Å². The first-order chi connectivity index (χ1) is 12.9. The van der Waals surface area contributed by atoms with E-state index in [0.29, 0.717) is 0 Å². The van der Waals surface area contributed by atoms with Crippen molar-refractivity contribution in [1.29, 1.82) is 0 Å². The molecule has 2 heterocycles. The van der Waals surface area contributed by atoms with Crippen LogP contribution in [-0.4, -0.2) is 5.71 Å². The molecule has 0 saturated carbocycles. The third-order valence-electron chi connectivity index (χ3n) is 5.74. The number of nitrogens with one attached hydrogen (secondary N) is 1. The van der Waals surface area contributed by atoms with Gasteiger partial charge in [0.1, 0.15) is 0 Å². The molecule has 0 bridgehead atoms. The van der Waals surface area contributed by atoms with Crippen molar-refractivity contribution >= 4 is 17.1 Å². The minimum absolute atomic E-state index is 0.00379. The van der Waals surface area contributed by atoms with E-state index in [4.69, 9.17) is 4.99 Å². The molecule has 0 aliphatic carbocycles. The second kappa shape index (κ2) is 6.38. The molecule has 0 radical (unpaired) electrons. The Bertz CT molecular complexity index is 1000. The molecule has 0 fully saturated rings. The Morgan fingerprint density at radius 3 is 2.22 bits per heavy atom. The van der Waals surface area contributed by atoms with Crippen LogP contribution in [0.2, 0.25) is 0 Å². The van der Waals surface area contributed by atoms with E-state index in [-0.39, 0.29) is 10.8 Å². The molecule has 1 N–H and O–H groups in total. The van der Waals surface area contributed by atoms with Gasteiger partial charge in [0.05, 0.1) is 11.4 Å². The van der Waals surface area contributed by atoms with Crippen LogP contribution in [0.25, 0.3) is 0 Å². The maximum Gasteiger partial charge on any atom is 0.0674 e. The lowest BCUT2D eigenvalue weighted by molar-refractivity contribution is 0.654. The zero-order valence-corrected chi connectivity index (χ0v) is 16.5. The number of aliphatic imine (C=N–C) groups is 1. The lowest BCUT2D eigenvalue weighted by Gasteiger charge is -2.20. The fourth-order valence-corrected chi connectivity index (χ4v) is 3.95. The Morgan fingerprint density at radius 2 is 1.48 bits per heavy atom. The average molecular weight is 354 g/mol. The number of fused-ring (bicyclic) bond motifs is 2. The lowest BCUT2D eigenvalue weighted by Crippen LogP contribution is -2.23. The van der Waals surface area contributed by atoms with Crippen LogP contribution in [0, 0.1) is 0 Å². The van der Waals surface area contributed by atoms with Crippen LogP contribution in [0.3, 0.4) is 0 Å². The molecule has 2 aromatic carbocycles. The summed E-state index contributed by atoms with van der Waals surface area (Å²) in [7, 11) is 0. The molecule has 2 aliphatic rings. The van der Waals surface area contributed by atoms with E-state index in [1.165, 1.54) is 22.5 Å². The third kappa shape index (κ3) is 2.95. The lowest BCUT2D eigenvalue weighted by atomic mass is 9.81. The minimum atomic E-state index is -0.0456. The van der Waals surface area contributed by atoms with E-state index in [1.807, 2.05) is 6.07 Å². The molecule has 2 aliphatic heterocycles. The molecule has 0 unspecified atom stereocenters. The Labute approximate surface area is 162 Å². The average Bonchev–Trinajstić information content (AvgIpc) is 3.06. The zero-order chi connectivity index (χ0) is 19.1. The Balaban J connectivity index is 1.49. The van der Waals surface area contributed by atoms with Gasteiger partial charge in [0.15, 0.2) is 0 Å². The summed E-state index contributed by atoms with van der Waals surface area (Å²) >= 11 is 0. The fraction of sp³-hybridized carbons (Fsp3) is 0.240. The van der Waals surface area contributed by atoms with Crippen molar-refractivity contribution < 1.29 is 0 Å². The van der Waals surface area contributed by atoms with Crippen LogP contribution >= 0.6 is 0 Å². The van der Waals surface area contributed by atoms with Crippen LogP contribution in [0.4, 0.5) is 11.4 Å². The highest BCUT2D eigenvalue weighted by Crippen LogP contribution is 2.43. The van der Waals surface area contributed by atoms with Crippen molar-refractivity contribution in [2.45, 2.75) is 38.5 Å². The predicted octanol–water partition coefficient (Wildman–Crippen LogP) is 6.45. The molecule has 0 aromatic heterocycles. The Kier molecular flexibility index (Phi) is 4.15. The van der Waals surface area contributed by atoms with Crippen LogP contribution in [0.1, 0.15) is 38.8 Å². The van der Waals surface area contributed by atoms with Gasteiger partial charge in [-0.3, -0.25) is 4.99 Å². The highest BCUT2D eigenvalue weighted by Gasteiger charge is 2.34. The molecule has 0 spiro atoms. The van der Waals surface area contributed by atoms with Gasteiger partial charge in [-0.15, -0.1) is 0 Å². The summed E-state index contributed by atoms with van der Waals surface area (Å²) in [6.45, 7) is 8.98. The molecule has 2 heteroatoms. The topological polar surface area (TPSA) is 24.4 Å². The van der Waals surface area contributed by atoms with E-state index in [1.54, 1.807) is 0 Å². The summed E-state index contributed by atoms with van der Waals surface area (Å²) in [5.74, 6) is 0. The second-order valence-electron chi connectivity index (χ2n) is 8.26. The maximum absolute atomic E-state index is 4.80. The largest absolute Gasteiger partial charge is 0.358 e. The van der Waals surface area contributed by atoms with Gasteiger partial charge in [-0.2, -0.15) is 0 Å². The normalized spacial score (nSPS) is 20.7. The van der Waals surface area contributed by atoms with Gasteiger partial charge in [-0.05, 0) is 35.4 Å². The first kappa shape index (κ1) is 17.5. The quantitative estimate of drug-likeness (QED) is 0.629. The molecular formula is C25H26N2. The Morgan fingerprint density at radius 1 is 0.778 bits per heavy atom. The van der Waals surface area contributed by atoms with Crippen molar-refractivity contribution in [2.75, 3.05) is 5.32 Å². The number of anilines is 1. The van der Waals surface area contributed by atoms with Crippen LogP contribution < -0.4 is 5.32 Å². The summed E-state index contributed by atoms with van der Waals surface area (Å²) in [6.07, 6.45) is 10.5. The molecular weight excluding hydrogens is 328 g/mol. The molecule has 2 aromatic rings. The van der Waals surface area contributed by atoms with Crippen molar-refractivity contribution in [2.24, 2.45) is 4.99 Å². The van der Waals surface area contributed by atoms with Gasteiger partial charge in [-0.25, -0.2) is 0 Å². The van der Waals surface area contributed by atoms with Gasteiger partial charge in [0.2, 0.25) is 0 Å². The van der Waals surface area contributed by atoms with Crippen LogP contribution in [-0.2, 0) is 10.8 Å². The maximum atomic E-state index is 4.80. The van der Waals surface area contributed by atoms with Gasteiger partial charge in [-0.1, -0.05) is 82.3 Å². The molecule has 27 heavy (non-hydrogen) atoms. The highest BCUT2D eigenvalue weighted by atomic mass is 14.9. The Hall–Kier alpha value is -2.87. The van der Waals surface area contributed by atoms with Crippen LogP contribution in [0.15, 0.2) is 89.6 Å². The standard InChI is InChI=1S/C25H26N2/c1-24(2)18-12-8-10-14-20(18)26-22(24)16-6-5-7-17-23-25(3,4)19-13-9-11-15-21(19)27-23/h5-17,26H,1-4H3/b6-5+,17-7+,22-16-. The highest BCUT2D eigenvalue weighted by molar-refractivity contribution is 6.08. The molecule has 2 nitrogen and oxygen atoms in total. The van der Waals surface area contributed by atoms with E-state index in [9.17, 15) is 0 Å². The summed E-state index contributed by atoms with van der Waals surface area (Å²) in [5.41, 5.74) is 7.22. The summed E-state index contributed by atoms with van der Waals surface area (Å²) in [4.78, 5) is 4.80. The first-order valence-corrected chi connectivity index (χ1v) is 9.51. The summed E-state index contributed by atoms with van der Waals surface area (Å²) < 4.78 is 0. The minimum Gasteiger partial charge on any atom is -0.358 e. The van der Waals surface area contributed by atoms with Gasteiger partial charge in [0, 0.05) is 22.2 Å². The summed E-state index contributed by atoms with van der Waals surface area (Å²) in [5, 5.41) is 3.54. The number of hydrogen-bond acceptors (Lipinski definition) is 2.